The molecule has 1 aliphatic heterocycles. The summed E-state index contributed by atoms with van der Waals surface area (Å²) in [5.74, 6) is -0.463. The van der Waals surface area contributed by atoms with E-state index in [0.717, 1.165) is 39.7 Å². The topological polar surface area (TPSA) is 87.5 Å². The number of hydrogen-bond donors (Lipinski definition) is 0. The number of fused-ring (bicyclic) bond motifs is 1. The average Bonchev–Trinajstić information content (AvgIpc) is 3.19. The largest absolute Gasteiger partial charge is 0.438 e. The summed E-state index contributed by atoms with van der Waals surface area (Å²) >= 11 is 0. The zero-order valence-electron chi connectivity index (χ0n) is 23.1. The molecule has 6 heteroatoms. The number of hydrogen-bond acceptors (Lipinski definition) is 5. The van der Waals surface area contributed by atoms with Crippen molar-refractivity contribution in [1.82, 2.24) is 4.90 Å². The van der Waals surface area contributed by atoms with Crippen molar-refractivity contribution in [2.24, 2.45) is 0 Å². The van der Waals surface area contributed by atoms with E-state index in [2.05, 4.69) is 0 Å². The number of benzene rings is 2. The molecule has 0 aliphatic carbocycles. The van der Waals surface area contributed by atoms with Gasteiger partial charge >= 0.3 is 5.97 Å². The maximum Gasteiger partial charge on any atom is 0.340 e. The second-order valence-electron chi connectivity index (χ2n) is 8.90. The summed E-state index contributed by atoms with van der Waals surface area (Å²) in [6.07, 6.45) is 7.85. The molecule has 1 heterocycles. The fraction of sp³-hybridized carbons (Fsp3) is 0.355. The summed E-state index contributed by atoms with van der Waals surface area (Å²) in [4.78, 5) is 37.4. The van der Waals surface area contributed by atoms with Crippen LogP contribution in [0.4, 0.5) is 0 Å². The Morgan fingerprint density at radius 1 is 1.00 bits per heavy atom. The van der Waals surface area contributed by atoms with Crippen LogP contribution in [0.2, 0.25) is 0 Å². The summed E-state index contributed by atoms with van der Waals surface area (Å²) in [5.41, 5.74) is 8.14. The Morgan fingerprint density at radius 2 is 1.54 bits per heavy atom. The number of carbonyl (C=O) groups excluding carboxylic acids is 3. The molecule has 2 aromatic carbocycles. The van der Waals surface area contributed by atoms with Crippen molar-refractivity contribution in [3.05, 3.63) is 79.9 Å². The number of nitriles is 1. The molecule has 1 atom stereocenters. The van der Waals surface area contributed by atoms with Gasteiger partial charge in [-0.1, -0.05) is 24.3 Å². The predicted octanol–water partition coefficient (Wildman–Crippen LogP) is 6.70. The molecular weight excluding hydrogens is 464 g/mol. The number of rotatable bonds is 6. The molecule has 0 aromatic heterocycles. The molecular formula is C31H36N2O4. The lowest BCUT2D eigenvalue weighted by Crippen LogP contribution is -2.32. The van der Waals surface area contributed by atoms with Crippen LogP contribution in [0.1, 0.15) is 104 Å². The summed E-state index contributed by atoms with van der Waals surface area (Å²) in [6, 6.07) is 5.66. The summed E-state index contributed by atoms with van der Waals surface area (Å²) in [5, 5.41) is 8.94. The highest BCUT2D eigenvalue weighted by molar-refractivity contribution is 6.03. The molecule has 0 bridgehead atoms. The number of ether oxygens (including phenoxy) is 1. The van der Waals surface area contributed by atoms with Gasteiger partial charge < -0.3 is 9.64 Å². The Bertz CT molecular complexity index is 1310. The third-order valence-electron chi connectivity index (χ3n) is 6.62. The number of nitrogens with zero attached hydrogens (tertiary/aromatic N) is 2. The monoisotopic (exact) mass is 500 g/mol. The van der Waals surface area contributed by atoms with Gasteiger partial charge in [-0.2, -0.15) is 5.26 Å². The first kappa shape index (κ1) is 29.3. The quantitative estimate of drug-likeness (QED) is 0.325. The number of carbonyl (C=O) groups is 3. The fourth-order valence-corrected chi connectivity index (χ4v) is 4.76. The average molecular weight is 501 g/mol. The Balaban J connectivity index is 0.000000263. The van der Waals surface area contributed by atoms with Gasteiger partial charge in [0.25, 0.3) is 5.91 Å². The van der Waals surface area contributed by atoms with Crippen LogP contribution in [0, 0.1) is 39.0 Å². The van der Waals surface area contributed by atoms with Crippen molar-refractivity contribution in [2.75, 3.05) is 13.1 Å². The van der Waals surface area contributed by atoms with Gasteiger partial charge in [0.1, 0.15) is 6.07 Å². The van der Waals surface area contributed by atoms with E-state index >= 15 is 0 Å². The summed E-state index contributed by atoms with van der Waals surface area (Å²) < 4.78 is 5.03. The Hall–Kier alpha value is -3.98. The second kappa shape index (κ2) is 12.8. The number of cyclic esters (lactones) is 1. The molecule has 194 valence electrons. The molecule has 37 heavy (non-hydrogen) atoms. The molecule has 0 spiro atoms. The van der Waals surface area contributed by atoms with Crippen LogP contribution in [0.25, 0.3) is 12.2 Å². The highest BCUT2D eigenvalue weighted by Crippen LogP contribution is 2.35. The van der Waals surface area contributed by atoms with Crippen molar-refractivity contribution in [3.8, 4) is 6.07 Å². The van der Waals surface area contributed by atoms with Crippen molar-refractivity contribution in [2.45, 2.75) is 61.5 Å². The number of aryl methyl sites for hydroxylation is 2. The molecule has 3 rings (SSSR count). The fourth-order valence-electron chi connectivity index (χ4n) is 4.76. The van der Waals surface area contributed by atoms with Gasteiger partial charge in [0.15, 0.2) is 6.29 Å². The van der Waals surface area contributed by atoms with E-state index in [9.17, 15) is 14.4 Å². The summed E-state index contributed by atoms with van der Waals surface area (Å²) in [6.45, 7) is 16.8. The van der Waals surface area contributed by atoms with Crippen molar-refractivity contribution in [1.29, 1.82) is 5.26 Å². The highest BCUT2D eigenvalue weighted by atomic mass is 16.5. The normalized spacial score (nSPS) is 14.1. The van der Waals surface area contributed by atoms with Gasteiger partial charge in [0.2, 0.25) is 6.10 Å². The van der Waals surface area contributed by atoms with Crippen LogP contribution in [0.5, 0.6) is 0 Å². The van der Waals surface area contributed by atoms with Crippen LogP contribution in [-0.2, 0) is 4.74 Å². The third-order valence-corrected chi connectivity index (χ3v) is 6.62. The van der Waals surface area contributed by atoms with E-state index in [1.54, 1.807) is 11.0 Å². The first-order valence-corrected chi connectivity index (χ1v) is 12.5. The van der Waals surface area contributed by atoms with E-state index in [0.29, 0.717) is 35.3 Å². The van der Waals surface area contributed by atoms with Crippen LogP contribution in [-0.4, -0.2) is 36.2 Å². The van der Waals surface area contributed by atoms with Gasteiger partial charge in [0, 0.05) is 24.2 Å². The first-order valence-electron chi connectivity index (χ1n) is 12.5. The molecule has 0 N–H and O–H groups in total. The Labute approximate surface area is 220 Å². The van der Waals surface area contributed by atoms with Gasteiger partial charge in [-0.25, -0.2) is 4.79 Å². The van der Waals surface area contributed by atoms with Crippen molar-refractivity contribution < 1.29 is 19.1 Å². The summed E-state index contributed by atoms with van der Waals surface area (Å²) in [7, 11) is 0. The highest BCUT2D eigenvalue weighted by Gasteiger charge is 2.33. The minimum absolute atomic E-state index is 0.0691. The lowest BCUT2D eigenvalue weighted by atomic mass is 9.92. The van der Waals surface area contributed by atoms with Crippen LogP contribution >= 0.6 is 0 Å². The third kappa shape index (κ3) is 5.89. The predicted molar refractivity (Wildman–Crippen MR) is 148 cm³/mol. The molecule has 1 amide bonds. The van der Waals surface area contributed by atoms with Gasteiger partial charge in [-0.3, -0.25) is 9.59 Å². The minimum Gasteiger partial charge on any atom is -0.438 e. The molecule has 2 aromatic rings. The van der Waals surface area contributed by atoms with Crippen LogP contribution < -0.4 is 0 Å². The maximum atomic E-state index is 12.6. The standard InChI is InChI=1S/C17H23NO2.C14H13NO2/c1-6-9-15-12(4)10-14(11-19)16(13(15)5)17(20)18(7-2)8-3;1-4-5-10-8(2)6-11-12(7-15)17-14(16)13(11)9(10)3/h6,9-11H,7-8H2,1-5H3;4-6,12H,1-3H3/b9-6+;5-4+. The van der Waals surface area contributed by atoms with E-state index in [1.807, 2.05) is 91.8 Å². The zero-order valence-corrected chi connectivity index (χ0v) is 23.1. The minimum atomic E-state index is -0.755. The Kier molecular flexibility index (Phi) is 10.1. The van der Waals surface area contributed by atoms with E-state index in [1.165, 1.54) is 0 Å². The molecule has 0 radical (unpaired) electrons. The van der Waals surface area contributed by atoms with E-state index < -0.39 is 12.1 Å². The lowest BCUT2D eigenvalue weighted by Gasteiger charge is -2.22. The molecule has 0 saturated carbocycles. The molecule has 1 aliphatic rings. The number of amides is 1. The first-order chi connectivity index (χ1) is 17.6. The number of allylic oxidation sites excluding steroid dienone is 2. The zero-order chi connectivity index (χ0) is 27.9. The molecule has 0 saturated heterocycles. The lowest BCUT2D eigenvalue weighted by molar-refractivity contribution is 0.0477. The number of aldehydes is 1. The van der Waals surface area contributed by atoms with Crippen molar-refractivity contribution in [3.63, 3.8) is 0 Å². The van der Waals surface area contributed by atoms with Gasteiger partial charge in [0.05, 0.1) is 11.1 Å². The molecule has 0 fully saturated rings. The van der Waals surface area contributed by atoms with Crippen molar-refractivity contribution >= 4 is 30.3 Å². The molecule has 1 unspecified atom stereocenters. The van der Waals surface area contributed by atoms with Gasteiger partial charge in [-0.05, 0) is 101 Å². The number of esters is 1. The van der Waals surface area contributed by atoms with Gasteiger partial charge in [-0.15, -0.1) is 0 Å². The molecule has 6 nitrogen and oxygen atoms in total. The SMILES string of the molecule is C/C=C/c1c(C)cc(C=O)c(C(=O)N(CC)CC)c1C.C/C=C/c1c(C)cc2c(c1C)C(=O)OC2C#N. The van der Waals surface area contributed by atoms with E-state index in [4.69, 9.17) is 10.00 Å². The second-order valence-corrected chi connectivity index (χ2v) is 8.90. The smallest absolute Gasteiger partial charge is 0.340 e. The van der Waals surface area contributed by atoms with E-state index in [-0.39, 0.29) is 5.91 Å². The van der Waals surface area contributed by atoms with Crippen LogP contribution in [0.15, 0.2) is 24.3 Å². The maximum absolute atomic E-state index is 12.6. The Morgan fingerprint density at radius 3 is 2.03 bits per heavy atom. The van der Waals surface area contributed by atoms with Crippen LogP contribution in [0.3, 0.4) is 0 Å².